The van der Waals surface area contributed by atoms with Crippen molar-refractivity contribution in [3.05, 3.63) is 29.7 Å². The Labute approximate surface area is 116 Å². The van der Waals surface area contributed by atoms with E-state index in [0.29, 0.717) is 16.5 Å². The molecular weight excluding hydrogens is 262 g/mol. The third-order valence-corrected chi connectivity index (χ3v) is 3.36. The van der Waals surface area contributed by atoms with Gasteiger partial charge in [-0.1, -0.05) is 11.6 Å². The van der Waals surface area contributed by atoms with Crippen LogP contribution in [0, 0.1) is 5.92 Å². The average molecular weight is 276 g/mol. The van der Waals surface area contributed by atoms with Crippen molar-refractivity contribution < 1.29 is 0 Å². The molecule has 98 valence electrons. The fraction of sp³-hybridized carbons (Fsp3) is 0.308. The van der Waals surface area contributed by atoms with Crippen LogP contribution in [0.5, 0.6) is 0 Å². The summed E-state index contributed by atoms with van der Waals surface area (Å²) in [5, 5.41) is 3.80. The number of aromatic nitrogens is 3. The van der Waals surface area contributed by atoms with Crippen molar-refractivity contribution in [2.75, 3.05) is 17.6 Å². The van der Waals surface area contributed by atoms with E-state index in [4.69, 9.17) is 17.3 Å². The lowest BCUT2D eigenvalue weighted by atomic mass is 10.2. The van der Waals surface area contributed by atoms with E-state index in [9.17, 15) is 0 Å². The summed E-state index contributed by atoms with van der Waals surface area (Å²) in [5.74, 6) is 1.96. The molecule has 0 radical (unpaired) electrons. The summed E-state index contributed by atoms with van der Waals surface area (Å²) in [6.45, 7) is 0.949. The van der Waals surface area contributed by atoms with E-state index in [1.165, 1.54) is 19.0 Å². The highest BCUT2D eigenvalue weighted by Gasteiger charge is 2.20. The summed E-state index contributed by atoms with van der Waals surface area (Å²) < 4.78 is 0. The van der Waals surface area contributed by atoms with Gasteiger partial charge in [0.2, 0.25) is 0 Å². The predicted molar refractivity (Wildman–Crippen MR) is 75.9 cm³/mol. The number of nitrogens with two attached hydrogens (primary N) is 1. The van der Waals surface area contributed by atoms with Crippen LogP contribution in [0.3, 0.4) is 0 Å². The molecule has 1 saturated carbocycles. The Morgan fingerprint density at radius 1 is 1.32 bits per heavy atom. The van der Waals surface area contributed by atoms with Gasteiger partial charge in [0.1, 0.15) is 11.6 Å². The smallest absolute Gasteiger partial charge is 0.145 e. The molecule has 1 aliphatic carbocycles. The highest BCUT2D eigenvalue weighted by Crippen LogP contribution is 2.30. The fourth-order valence-corrected chi connectivity index (χ4v) is 2.00. The van der Waals surface area contributed by atoms with E-state index in [-0.39, 0.29) is 0 Å². The van der Waals surface area contributed by atoms with Crippen LogP contribution >= 0.6 is 11.6 Å². The molecule has 3 rings (SSSR count). The Balaban J connectivity index is 1.86. The quantitative estimate of drug-likeness (QED) is 0.897. The van der Waals surface area contributed by atoms with Gasteiger partial charge in [0, 0.05) is 18.3 Å². The Morgan fingerprint density at radius 2 is 2.16 bits per heavy atom. The number of pyridine rings is 1. The molecule has 0 saturated heterocycles. The van der Waals surface area contributed by atoms with Crippen molar-refractivity contribution in [2.45, 2.75) is 12.8 Å². The fourth-order valence-electron chi connectivity index (χ4n) is 1.80. The van der Waals surface area contributed by atoms with Crippen LogP contribution in [0.2, 0.25) is 5.02 Å². The Bertz CT molecular complexity index is 597. The third kappa shape index (κ3) is 2.93. The number of nitrogens with one attached hydrogen (secondary N) is 1. The minimum absolute atomic E-state index is 0.414. The van der Waals surface area contributed by atoms with Gasteiger partial charge in [-0.05, 0) is 24.8 Å². The molecule has 2 aromatic rings. The summed E-state index contributed by atoms with van der Waals surface area (Å²) in [6, 6.07) is 1.71. The van der Waals surface area contributed by atoms with Gasteiger partial charge in [0.25, 0.3) is 0 Å². The van der Waals surface area contributed by atoms with E-state index >= 15 is 0 Å². The van der Waals surface area contributed by atoms with Gasteiger partial charge in [-0.15, -0.1) is 0 Å². The van der Waals surface area contributed by atoms with Gasteiger partial charge in [0.15, 0.2) is 0 Å². The van der Waals surface area contributed by atoms with Crippen molar-refractivity contribution in [2.24, 2.45) is 5.92 Å². The first-order valence-electron chi connectivity index (χ1n) is 6.19. The molecule has 6 heteroatoms. The maximum Gasteiger partial charge on any atom is 0.145 e. The van der Waals surface area contributed by atoms with Crippen LogP contribution in [-0.4, -0.2) is 21.5 Å². The molecule has 1 aliphatic rings. The molecular formula is C13H14ClN5. The van der Waals surface area contributed by atoms with Gasteiger partial charge in [-0.2, -0.15) is 0 Å². The Hall–Kier alpha value is -1.88. The van der Waals surface area contributed by atoms with Crippen LogP contribution in [0.15, 0.2) is 24.7 Å². The molecule has 0 unspecified atom stereocenters. The van der Waals surface area contributed by atoms with Crippen LogP contribution in [-0.2, 0) is 0 Å². The molecule has 2 heterocycles. The summed E-state index contributed by atoms with van der Waals surface area (Å²) >= 11 is 6.11. The van der Waals surface area contributed by atoms with E-state index in [1.807, 2.05) is 0 Å². The second-order valence-corrected chi connectivity index (χ2v) is 5.11. The Morgan fingerprint density at radius 3 is 2.95 bits per heavy atom. The minimum atomic E-state index is 0.414. The third-order valence-electron chi connectivity index (χ3n) is 3.06. The number of hydrogen-bond donors (Lipinski definition) is 2. The van der Waals surface area contributed by atoms with E-state index in [0.717, 1.165) is 23.8 Å². The summed E-state index contributed by atoms with van der Waals surface area (Å²) in [6.07, 6.45) is 7.51. The van der Waals surface area contributed by atoms with Gasteiger partial charge < -0.3 is 11.1 Å². The number of nitrogen functional groups attached to an aromatic ring is 1. The van der Waals surface area contributed by atoms with Crippen molar-refractivity contribution in [1.29, 1.82) is 0 Å². The Kier molecular flexibility index (Phi) is 3.21. The van der Waals surface area contributed by atoms with E-state index in [2.05, 4.69) is 20.3 Å². The first kappa shape index (κ1) is 12.2. The van der Waals surface area contributed by atoms with Gasteiger partial charge >= 0.3 is 0 Å². The zero-order chi connectivity index (χ0) is 13.2. The van der Waals surface area contributed by atoms with Crippen LogP contribution < -0.4 is 11.1 Å². The second-order valence-electron chi connectivity index (χ2n) is 4.70. The van der Waals surface area contributed by atoms with Crippen molar-refractivity contribution in [1.82, 2.24) is 15.0 Å². The van der Waals surface area contributed by atoms with Crippen LogP contribution in [0.1, 0.15) is 12.8 Å². The largest absolute Gasteiger partial charge is 0.384 e. The molecule has 3 N–H and O–H groups in total. The molecule has 2 aromatic heterocycles. The number of anilines is 2. The standard InChI is InChI=1S/C13H14ClN5/c14-10-5-17-12(15)3-9(10)11-6-16-7-13(19-11)18-4-8-1-2-8/h3,5-8H,1-2,4H2,(H2,15,17)(H,18,19). The van der Waals surface area contributed by atoms with Gasteiger partial charge in [-0.3, -0.25) is 4.98 Å². The zero-order valence-electron chi connectivity index (χ0n) is 10.3. The average Bonchev–Trinajstić information content (AvgIpc) is 3.24. The first-order valence-corrected chi connectivity index (χ1v) is 6.57. The topological polar surface area (TPSA) is 76.7 Å². The highest BCUT2D eigenvalue weighted by molar-refractivity contribution is 6.33. The predicted octanol–water partition coefficient (Wildman–Crippen LogP) is 2.60. The van der Waals surface area contributed by atoms with Crippen molar-refractivity contribution >= 4 is 23.2 Å². The normalized spacial score (nSPS) is 14.4. The van der Waals surface area contributed by atoms with Gasteiger partial charge in [-0.25, -0.2) is 9.97 Å². The van der Waals surface area contributed by atoms with Crippen molar-refractivity contribution in [3.63, 3.8) is 0 Å². The lowest BCUT2D eigenvalue weighted by molar-refractivity contribution is 0.881. The van der Waals surface area contributed by atoms with Crippen molar-refractivity contribution in [3.8, 4) is 11.3 Å². The SMILES string of the molecule is Nc1cc(-c2cncc(NCC3CC3)n2)c(Cl)cn1. The molecule has 1 fully saturated rings. The molecule has 0 aliphatic heterocycles. The molecule has 0 atom stereocenters. The summed E-state index contributed by atoms with van der Waals surface area (Å²) in [5.41, 5.74) is 7.12. The molecule has 0 amide bonds. The molecule has 5 nitrogen and oxygen atoms in total. The molecule has 0 bridgehead atoms. The van der Waals surface area contributed by atoms with Gasteiger partial charge in [0.05, 0.1) is 23.1 Å². The van der Waals surface area contributed by atoms with E-state index < -0.39 is 0 Å². The zero-order valence-corrected chi connectivity index (χ0v) is 11.1. The maximum atomic E-state index is 6.11. The first-order chi connectivity index (χ1) is 9.22. The lowest BCUT2D eigenvalue weighted by Crippen LogP contribution is -2.05. The lowest BCUT2D eigenvalue weighted by Gasteiger charge is -2.07. The summed E-state index contributed by atoms with van der Waals surface area (Å²) in [7, 11) is 0. The second kappa shape index (κ2) is 5.01. The maximum absolute atomic E-state index is 6.11. The summed E-state index contributed by atoms with van der Waals surface area (Å²) in [4.78, 5) is 12.6. The van der Waals surface area contributed by atoms with Crippen LogP contribution in [0.4, 0.5) is 11.6 Å². The van der Waals surface area contributed by atoms with Crippen LogP contribution in [0.25, 0.3) is 11.3 Å². The highest BCUT2D eigenvalue weighted by atomic mass is 35.5. The molecule has 19 heavy (non-hydrogen) atoms. The number of hydrogen-bond acceptors (Lipinski definition) is 5. The number of halogens is 1. The number of nitrogens with zero attached hydrogens (tertiary/aromatic N) is 3. The minimum Gasteiger partial charge on any atom is -0.384 e. The molecule has 0 aromatic carbocycles. The number of rotatable bonds is 4. The monoisotopic (exact) mass is 275 g/mol. The molecule has 0 spiro atoms. The van der Waals surface area contributed by atoms with E-state index in [1.54, 1.807) is 18.5 Å².